The molecule has 0 radical (unpaired) electrons. The molecule has 0 amide bonds. The molecule has 9 heavy (non-hydrogen) atoms. The second-order valence-corrected chi connectivity index (χ2v) is 1.91. The summed E-state index contributed by atoms with van der Waals surface area (Å²) >= 11 is 0. The molecule has 54 valence electrons. The van der Waals surface area contributed by atoms with E-state index in [0.717, 1.165) is 0 Å². The van der Waals surface area contributed by atoms with Crippen LogP contribution in [0, 0.1) is 0 Å². The fourth-order valence-corrected chi connectivity index (χ4v) is 0.667. The Morgan fingerprint density at radius 3 is 2.67 bits per heavy atom. The normalized spacial score (nSPS) is 42.8. The van der Waals surface area contributed by atoms with E-state index in [0.29, 0.717) is 4.90 Å². The van der Waals surface area contributed by atoms with Crippen LogP contribution in [0.15, 0.2) is 0 Å². The van der Waals surface area contributed by atoms with Crippen LogP contribution in [0.25, 0.3) is 0 Å². The highest BCUT2D eigenvalue weighted by molar-refractivity contribution is 4.83. The maximum atomic E-state index is 7.65. The van der Waals surface area contributed by atoms with Gasteiger partial charge in [0.2, 0.25) is 0 Å². The molecule has 1 aliphatic heterocycles. The van der Waals surface area contributed by atoms with Crippen molar-refractivity contribution in [2.24, 2.45) is 0 Å². The zero-order chi connectivity index (χ0) is 15.3. The Balaban J connectivity index is 3.23. The SMILES string of the molecule is [2H]C([2H])([2H])C([2H])([2H])N(C1CNC1)C([2H])([2H])C([2H])([2H])[2H]. The maximum absolute atomic E-state index is 7.65. The molecule has 0 aromatic heterocycles. The smallest absolute Gasteiger partial charge is 0.0428 e. The first-order chi connectivity index (χ1) is 8.23. The van der Waals surface area contributed by atoms with E-state index in [2.05, 4.69) is 5.32 Å². The van der Waals surface area contributed by atoms with E-state index in [1.54, 1.807) is 0 Å². The molecule has 0 bridgehead atoms. The standard InChI is InChI=1S/C7H16N2/c1-3-9(4-2)7-5-8-6-7/h7-8H,3-6H2,1-2H3/i1D3,2D3,3D2,4D2. The van der Waals surface area contributed by atoms with E-state index < -0.39 is 32.7 Å². The molecule has 0 atom stereocenters. The summed E-state index contributed by atoms with van der Waals surface area (Å²) in [5, 5.41) is 2.75. The summed E-state index contributed by atoms with van der Waals surface area (Å²) in [7, 11) is 0. The minimum atomic E-state index is -3.15. The van der Waals surface area contributed by atoms with Gasteiger partial charge in [0.1, 0.15) is 0 Å². The molecule has 0 aromatic carbocycles. The minimum Gasteiger partial charge on any atom is -0.314 e. The van der Waals surface area contributed by atoms with Gasteiger partial charge in [-0.3, -0.25) is 4.90 Å². The summed E-state index contributed by atoms with van der Waals surface area (Å²) in [5.41, 5.74) is 0. The average molecular weight is 138 g/mol. The lowest BCUT2D eigenvalue weighted by atomic mass is 10.1. The number of hydrogen-bond donors (Lipinski definition) is 1. The van der Waals surface area contributed by atoms with E-state index in [9.17, 15) is 0 Å². The molecule has 0 saturated carbocycles. The second kappa shape index (κ2) is 3.18. The highest BCUT2D eigenvalue weighted by Gasteiger charge is 2.21. The van der Waals surface area contributed by atoms with Gasteiger partial charge in [0, 0.05) is 32.8 Å². The monoisotopic (exact) mass is 138 g/mol. The molecule has 0 aromatic rings. The molecule has 2 heteroatoms. The molecule has 1 fully saturated rings. The van der Waals surface area contributed by atoms with Gasteiger partial charge < -0.3 is 5.32 Å². The van der Waals surface area contributed by atoms with Crippen LogP contribution in [-0.4, -0.2) is 37.0 Å². The summed E-state index contributed by atoms with van der Waals surface area (Å²) in [6.07, 6.45) is 0. The van der Waals surface area contributed by atoms with Crippen LogP contribution < -0.4 is 5.32 Å². The van der Waals surface area contributed by atoms with Gasteiger partial charge in [-0.2, -0.15) is 0 Å². The third-order valence-electron chi connectivity index (χ3n) is 1.37. The highest BCUT2D eigenvalue weighted by Crippen LogP contribution is 2.02. The summed E-state index contributed by atoms with van der Waals surface area (Å²) < 4.78 is 73.7. The van der Waals surface area contributed by atoms with Gasteiger partial charge in [0.05, 0.1) is 0 Å². The average Bonchev–Trinajstić information content (AvgIpc) is 2.06. The molecular weight excluding hydrogens is 112 g/mol. The van der Waals surface area contributed by atoms with Crippen LogP contribution in [0.5, 0.6) is 0 Å². The van der Waals surface area contributed by atoms with Gasteiger partial charge >= 0.3 is 0 Å². The maximum Gasteiger partial charge on any atom is 0.0428 e. The molecule has 2 nitrogen and oxygen atoms in total. The third-order valence-corrected chi connectivity index (χ3v) is 1.37. The Kier molecular flexibility index (Phi) is 0.552. The van der Waals surface area contributed by atoms with Crippen LogP contribution >= 0.6 is 0 Å². The number of hydrogen-bond acceptors (Lipinski definition) is 2. The van der Waals surface area contributed by atoms with Gasteiger partial charge in [-0.1, -0.05) is 13.7 Å². The van der Waals surface area contributed by atoms with Gasteiger partial charge in [-0.05, 0) is 13.0 Å². The van der Waals surface area contributed by atoms with Crippen LogP contribution in [-0.2, 0) is 0 Å². The number of nitrogens with zero attached hydrogens (tertiary/aromatic N) is 1. The minimum absolute atomic E-state index is 0.144. The van der Waals surface area contributed by atoms with Crippen molar-refractivity contribution in [2.45, 2.75) is 19.7 Å². The van der Waals surface area contributed by atoms with E-state index in [1.807, 2.05) is 0 Å². The van der Waals surface area contributed by atoms with E-state index in [-0.39, 0.29) is 13.1 Å². The molecule has 0 spiro atoms. The lowest BCUT2D eigenvalue weighted by Gasteiger charge is -2.36. The van der Waals surface area contributed by atoms with Crippen molar-refractivity contribution in [1.82, 2.24) is 10.2 Å². The fraction of sp³-hybridized carbons (Fsp3) is 1.00. The molecule has 1 saturated heterocycles. The van der Waals surface area contributed by atoms with Gasteiger partial charge in [-0.25, -0.2) is 0 Å². The summed E-state index contributed by atoms with van der Waals surface area (Å²) in [6.45, 7) is -12.2. The molecule has 0 unspecified atom stereocenters. The van der Waals surface area contributed by atoms with E-state index >= 15 is 0 Å². The molecule has 1 rings (SSSR count). The largest absolute Gasteiger partial charge is 0.314 e. The topological polar surface area (TPSA) is 15.3 Å². The predicted octanol–water partition coefficient (Wildman–Crippen LogP) is 0.300. The molecule has 1 heterocycles. The number of likely N-dealkylation sites (N-methyl/N-ethyl adjacent to an activating group) is 1. The van der Waals surface area contributed by atoms with Crippen LogP contribution in [0.1, 0.15) is 27.4 Å². The summed E-state index contributed by atoms with van der Waals surface area (Å²) in [5.74, 6) is 0. The van der Waals surface area contributed by atoms with Gasteiger partial charge in [0.25, 0.3) is 0 Å². The second-order valence-electron chi connectivity index (χ2n) is 1.91. The van der Waals surface area contributed by atoms with Crippen LogP contribution in [0.2, 0.25) is 0 Å². The van der Waals surface area contributed by atoms with Crippen LogP contribution in [0.4, 0.5) is 0 Å². The third kappa shape index (κ3) is 1.43. The van der Waals surface area contributed by atoms with Crippen molar-refractivity contribution >= 4 is 0 Å². The first-order valence-corrected chi connectivity index (χ1v) is 2.73. The van der Waals surface area contributed by atoms with Gasteiger partial charge in [-0.15, -0.1) is 0 Å². The Morgan fingerprint density at radius 1 is 1.67 bits per heavy atom. The summed E-state index contributed by atoms with van der Waals surface area (Å²) in [4.78, 5) is 0.330. The molecular formula is C7H16N2. The Bertz CT molecular complexity index is 302. The van der Waals surface area contributed by atoms with Crippen molar-refractivity contribution in [1.29, 1.82) is 0 Å². The van der Waals surface area contributed by atoms with Crippen molar-refractivity contribution in [2.75, 3.05) is 26.1 Å². The molecule has 0 aliphatic carbocycles. The summed E-state index contributed by atoms with van der Waals surface area (Å²) in [6, 6.07) is -0.814. The lowest BCUT2D eigenvalue weighted by Crippen LogP contribution is -2.56. The zero-order valence-corrected chi connectivity index (χ0v) is 4.94. The first-order valence-electron chi connectivity index (χ1n) is 7.73. The molecule has 1 aliphatic rings. The zero-order valence-electron chi connectivity index (χ0n) is 14.9. The van der Waals surface area contributed by atoms with E-state index in [4.69, 9.17) is 13.7 Å². The van der Waals surface area contributed by atoms with Crippen molar-refractivity contribution in [3.05, 3.63) is 0 Å². The first kappa shape index (κ1) is 1.56. The van der Waals surface area contributed by atoms with Crippen molar-refractivity contribution < 1.29 is 13.7 Å². The van der Waals surface area contributed by atoms with E-state index in [1.165, 1.54) is 0 Å². The lowest BCUT2D eigenvalue weighted by molar-refractivity contribution is 0.161. The highest BCUT2D eigenvalue weighted by atomic mass is 15.2. The fourth-order valence-electron chi connectivity index (χ4n) is 0.667. The molecule has 1 N–H and O–H groups in total. The quantitative estimate of drug-likeness (QED) is 0.603. The van der Waals surface area contributed by atoms with Crippen molar-refractivity contribution in [3.8, 4) is 0 Å². The number of rotatable bonds is 3. The Morgan fingerprint density at radius 2 is 2.33 bits per heavy atom. The Hall–Kier alpha value is -0.0800. The van der Waals surface area contributed by atoms with Crippen LogP contribution in [0.3, 0.4) is 0 Å². The Labute approximate surface area is 71.3 Å². The van der Waals surface area contributed by atoms with Crippen molar-refractivity contribution in [3.63, 3.8) is 0 Å². The predicted molar refractivity (Wildman–Crippen MR) is 39.6 cm³/mol. The number of nitrogens with one attached hydrogen (secondary N) is 1. The van der Waals surface area contributed by atoms with Gasteiger partial charge in [0.15, 0.2) is 0 Å².